The normalized spacial score (nSPS) is 13.1. The lowest BCUT2D eigenvalue weighted by molar-refractivity contribution is 0.223. The minimum Gasteiger partial charge on any atom is -0.383 e. The predicted molar refractivity (Wildman–Crippen MR) is 62.9 cm³/mol. The van der Waals surface area contributed by atoms with Gasteiger partial charge in [0.1, 0.15) is 6.10 Å². The number of aryl methyl sites for hydroxylation is 1. The number of hydrogen-bond donors (Lipinski definition) is 1. The van der Waals surface area contributed by atoms with Crippen LogP contribution in [0.25, 0.3) is 0 Å². The molecule has 2 aromatic heterocycles. The minimum atomic E-state index is -0.554. The van der Waals surface area contributed by atoms with Crippen LogP contribution in [0.4, 0.5) is 0 Å². The molecular formula is C9H8BrNOS2. The molecule has 2 nitrogen and oxygen atoms in total. The van der Waals surface area contributed by atoms with E-state index in [1.165, 1.54) is 11.3 Å². The van der Waals surface area contributed by atoms with E-state index in [2.05, 4.69) is 20.9 Å². The molecule has 2 heterocycles. The molecule has 0 saturated carbocycles. The van der Waals surface area contributed by atoms with Crippen molar-refractivity contribution in [2.45, 2.75) is 13.0 Å². The smallest absolute Gasteiger partial charge is 0.117 e. The van der Waals surface area contributed by atoms with Crippen LogP contribution in [0, 0.1) is 6.92 Å². The fraction of sp³-hybridized carbons (Fsp3) is 0.222. The van der Waals surface area contributed by atoms with Gasteiger partial charge in [-0.05, 0) is 28.2 Å². The molecule has 0 aromatic carbocycles. The lowest BCUT2D eigenvalue weighted by Crippen LogP contribution is -1.95. The Morgan fingerprint density at radius 1 is 1.50 bits per heavy atom. The summed E-state index contributed by atoms with van der Waals surface area (Å²) in [5.41, 5.74) is 0.915. The highest BCUT2D eigenvalue weighted by atomic mass is 79.9. The zero-order valence-corrected chi connectivity index (χ0v) is 10.6. The maximum absolute atomic E-state index is 10.0. The molecule has 2 aromatic rings. The van der Waals surface area contributed by atoms with Gasteiger partial charge in [-0.15, -0.1) is 11.3 Å². The van der Waals surface area contributed by atoms with Gasteiger partial charge in [0.25, 0.3) is 0 Å². The Morgan fingerprint density at radius 3 is 2.79 bits per heavy atom. The summed E-state index contributed by atoms with van der Waals surface area (Å²) in [5.74, 6) is 0. The molecule has 0 saturated heterocycles. The van der Waals surface area contributed by atoms with Gasteiger partial charge in [0.15, 0.2) is 0 Å². The molecule has 5 heteroatoms. The molecule has 0 aliphatic rings. The van der Waals surface area contributed by atoms with Crippen molar-refractivity contribution in [1.82, 2.24) is 4.98 Å². The third kappa shape index (κ3) is 1.91. The van der Waals surface area contributed by atoms with Crippen molar-refractivity contribution < 1.29 is 5.11 Å². The van der Waals surface area contributed by atoms with Crippen LogP contribution in [0.1, 0.15) is 21.6 Å². The highest BCUT2D eigenvalue weighted by Crippen LogP contribution is 2.33. The van der Waals surface area contributed by atoms with E-state index in [0.29, 0.717) is 0 Å². The van der Waals surface area contributed by atoms with Crippen LogP contribution in [0.2, 0.25) is 0 Å². The van der Waals surface area contributed by atoms with Gasteiger partial charge in [0.05, 0.1) is 9.88 Å². The SMILES string of the molecule is Cc1ncc(C(O)c2cscc2Br)s1. The standard InChI is InChI=1S/C9H8BrNOS2/c1-5-11-2-8(14-5)9(12)6-3-13-4-7(6)10/h2-4,9,12H,1H3. The number of thiophene rings is 1. The summed E-state index contributed by atoms with van der Waals surface area (Å²) in [5, 5.41) is 14.9. The Labute approximate surface area is 98.4 Å². The van der Waals surface area contributed by atoms with Crippen LogP contribution >= 0.6 is 38.6 Å². The van der Waals surface area contributed by atoms with E-state index in [1.807, 2.05) is 17.7 Å². The number of aliphatic hydroxyl groups excluding tert-OH is 1. The van der Waals surface area contributed by atoms with E-state index in [4.69, 9.17) is 0 Å². The lowest BCUT2D eigenvalue weighted by atomic mass is 10.2. The second kappa shape index (κ2) is 4.10. The summed E-state index contributed by atoms with van der Waals surface area (Å²) >= 11 is 6.50. The molecule has 0 aliphatic carbocycles. The number of hydrogen-bond acceptors (Lipinski definition) is 4. The number of nitrogens with zero attached hydrogens (tertiary/aromatic N) is 1. The van der Waals surface area contributed by atoms with E-state index < -0.39 is 6.10 Å². The predicted octanol–water partition coefficient (Wildman–Crippen LogP) is 3.36. The first kappa shape index (κ1) is 10.3. The number of halogens is 1. The third-order valence-corrected chi connectivity index (χ3v) is 4.56. The zero-order valence-electron chi connectivity index (χ0n) is 7.40. The summed E-state index contributed by atoms with van der Waals surface area (Å²) in [4.78, 5) is 5.01. The van der Waals surface area contributed by atoms with Gasteiger partial charge < -0.3 is 5.11 Å². The van der Waals surface area contributed by atoms with E-state index in [0.717, 1.165) is 19.9 Å². The average Bonchev–Trinajstić information content (AvgIpc) is 2.73. The van der Waals surface area contributed by atoms with E-state index >= 15 is 0 Å². The first-order chi connectivity index (χ1) is 6.68. The van der Waals surface area contributed by atoms with Crippen LogP contribution in [0.5, 0.6) is 0 Å². The summed E-state index contributed by atoms with van der Waals surface area (Å²) in [6.07, 6.45) is 1.18. The van der Waals surface area contributed by atoms with E-state index in [-0.39, 0.29) is 0 Å². The van der Waals surface area contributed by atoms with Crippen LogP contribution in [0.3, 0.4) is 0 Å². The highest BCUT2D eigenvalue weighted by Gasteiger charge is 2.16. The van der Waals surface area contributed by atoms with Crippen molar-refractivity contribution in [3.05, 3.63) is 36.9 Å². The Kier molecular flexibility index (Phi) is 3.02. The number of aromatic nitrogens is 1. The quantitative estimate of drug-likeness (QED) is 0.920. The highest BCUT2D eigenvalue weighted by molar-refractivity contribution is 9.10. The molecule has 0 amide bonds. The third-order valence-electron chi connectivity index (χ3n) is 1.85. The van der Waals surface area contributed by atoms with Crippen molar-refractivity contribution in [2.24, 2.45) is 0 Å². The fourth-order valence-corrected chi connectivity index (χ4v) is 3.47. The summed E-state index contributed by atoms with van der Waals surface area (Å²) in [7, 11) is 0. The van der Waals surface area contributed by atoms with Crippen LogP contribution in [-0.4, -0.2) is 10.1 Å². The second-order valence-electron chi connectivity index (χ2n) is 2.86. The van der Waals surface area contributed by atoms with E-state index in [1.54, 1.807) is 17.5 Å². The van der Waals surface area contributed by atoms with Gasteiger partial charge in [-0.2, -0.15) is 11.3 Å². The Bertz CT molecular complexity index is 437. The number of thiazole rings is 1. The summed E-state index contributed by atoms with van der Waals surface area (Å²) < 4.78 is 0.959. The molecule has 1 unspecified atom stereocenters. The fourth-order valence-electron chi connectivity index (χ4n) is 1.14. The maximum atomic E-state index is 10.0. The molecule has 0 aliphatic heterocycles. The molecule has 0 fully saturated rings. The number of rotatable bonds is 2. The molecular weight excluding hydrogens is 282 g/mol. The van der Waals surface area contributed by atoms with Gasteiger partial charge in [0.2, 0.25) is 0 Å². The van der Waals surface area contributed by atoms with Crippen molar-refractivity contribution in [1.29, 1.82) is 0 Å². The van der Waals surface area contributed by atoms with Crippen molar-refractivity contribution in [3.63, 3.8) is 0 Å². The van der Waals surface area contributed by atoms with Gasteiger partial charge in [0, 0.05) is 21.6 Å². The van der Waals surface area contributed by atoms with Crippen LogP contribution < -0.4 is 0 Å². The topological polar surface area (TPSA) is 33.1 Å². The number of aliphatic hydroxyl groups is 1. The van der Waals surface area contributed by atoms with Gasteiger partial charge in [-0.3, -0.25) is 0 Å². The second-order valence-corrected chi connectivity index (χ2v) is 5.72. The van der Waals surface area contributed by atoms with Gasteiger partial charge in [-0.25, -0.2) is 4.98 Å². The summed E-state index contributed by atoms with van der Waals surface area (Å²) in [6.45, 7) is 1.93. The average molecular weight is 290 g/mol. The molecule has 1 N–H and O–H groups in total. The Morgan fingerprint density at radius 2 is 2.29 bits per heavy atom. The molecule has 0 bridgehead atoms. The lowest BCUT2D eigenvalue weighted by Gasteiger charge is -2.05. The Balaban J connectivity index is 2.33. The van der Waals surface area contributed by atoms with Crippen LogP contribution in [-0.2, 0) is 0 Å². The first-order valence-corrected chi connectivity index (χ1v) is 6.55. The molecule has 74 valence electrons. The van der Waals surface area contributed by atoms with E-state index in [9.17, 15) is 5.11 Å². The summed E-state index contributed by atoms with van der Waals surface area (Å²) in [6, 6.07) is 0. The molecule has 2 rings (SSSR count). The maximum Gasteiger partial charge on any atom is 0.117 e. The minimum absolute atomic E-state index is 0.554. The van der Waals surface area contributed by atoms with Crippen molar-refractivity contribution in [2.75, 3.05) is 0 Å². The monoisotopic (exact) mass is 289 g/mol. The van der Waals surface area contributed by atoms with Crippen molar-refractivity contribution >= 4 is 38.6 Å². The Hall–Kier alpha value is -0.230. The largest absolute Gasteiger partial charge is 0.383 e. The molecule has 14 heavy (non-hydrogen) atoms. The zero-order chi connectivity index (χ0) is 10.1. The molecule has 0 spiro atoms. The van der Waals surface area contributed by atoms with Crippen molar-refractivity contribution in [3.8, 4) is 0 Å². The van der Waals surface area contributed by atoms with Crippen LogP contribution in [0.15, 0.2) is 21.4 Å². The molecule has 1 atom stereocenters. The molecule has 0 radical (unpaired) electrons. The van der Waals surface area contributed by atoms with Gasteiger partial charge >= 0.3 is 0 Å². The van der Waals surface area contributed by atoms with Gasteiger partial charge in [-0.1, -0.05) is 0 Å². The first-order valence-electron chi connectivity index (χ1n) is 4.00.